The first-order valence-corrected chi connectivity index (χ1v) is 5.28. The third-order valence-corrected chi connectivity index (χ3v) is 2.81. The van der Waals surface area contributed by atoms with E-state index < -0.39 is 0 Å². The molecule has 74 valence electrons. The maximum atomic E-state index is 5.95. The van der Waals surface area contributed by atoms with Gasteiger partial charge >= 0.3 is 0 Å². The van der Waals surface area contributed by atoms with E-state index in [0.717, 1.165) is 11.4 Å². The lowest BCUT2D eigenvalue weighted by Gasteiger charge is -2.04. The van der Waals surface area contributed by atoms with E-state index in [1.807, 2.05) is 12.4 Å². The van der Waals surface area contributed by atoms with Crippen LogP contribution in [0.4, 0.5) is 5.69 Å². The predicted molar refractivity (Wildman–Crippen MR) is 57.7 cm³/mol. The van der Waals surface area contributed by atoms with Gasteiger partial charge in [0.05, 0.1) is 35.3 Å². The molecule has 0 saturated carbocycles. The zero-order chi connectivity index (χ0) is 9.97. The Hall–Kier alpha value is -1.07. The van der Waals surface area contributed by atoms with Crippen molar-refractivity contribution in [2.24, 2.45) is 7.05 Å². The summed E-state index contributed by atoms with van der Waals surface area (Å²) in [6.45, 7) is 0.660. The van der Waals surface area contributed by atoms with Gasteiger partial charge < -0.3 is 5.32 Å². The van der Waals surface area contributed by atoms with E-state index in [-0.39, 0.29) is 0 Å². The summed E-state index contributed by atoms with van der Waals surface area (Å²) in [6.07, 6.45) is 3.43. The van der Waals surface area contributed by atoms with Gasteiger partial charge in [-0.2, -0.15) is 9.47 Å². The first-order chi connectivity index (χ1) is 6.77. The fourth-order valence-electron chi connectivity index (χ4n) is 1.11. The monoisotopic (exact) mass is 228 g/mol. The maximum absolute atomic E-state index is 5.95. The molecule has 0 saturated heterocycles. The average Bonchev–Trinajstić information content (AvgIpc) is 2.76. The largest absolute Gasteiger partial charge is 0.377 e. The highest BCUT2D eigenvalue weighted by Gasteiger charge is 2.05. The van der Waals surface area contributed by atoms with Crippen molar-refractivity contribution in [1.29, 1.82) is 0 Å². The van der Waals surface area contributed by atoms with Gasteiger partial charge in [0.25, 0.3) is 0 Å². The summed E-state index contributed by atoms with van der Waals surface area (Å²) in [6, 6.07) is 0. The molecule has 0 fully saturated rings. The van der Waals surface area contributed by atoms with Crippen molar-refractivity contribution in [3.05, 3.63) is 28.5 Å². The minimum atomic E-state index is 0.660. The van der Waals surface area contributed by atoms with Crippen molar-refractivity contribution in [3.8, 4) is 0 Å². The molecule has 0 aliphatic carbocycles. The summed E-state index contributed by atoms with van der Waals surface area (Å²) in [5.41, 5.74) is 1.98. The Balaban J connectivity index is 2.05. The lowest BCUT2D eigenvalue weighted by atomic mass is 10.4. The first-order valence-electron chi connectivity index (χ1n) is 4.07. The van der Waals surface area contributed by atoms with Crippen LogP contribution in [0, 0.1) is 0 Å². The van der Waals surface area contributed by atoms with Crippen LogP contribution >= 0.6 is 23.1 Å². The molecule has 1 N–H and O–H groups in total. The van der Waals surface area contributed by atoms with Gasteiger partial charge in [0.1, 0.15) is 0 Å². The Bertz CT molecular complexity index is 389. The van der Waals surface area contributed by atoms with E-state index in [0.29, 0.717) is 11.6 Å². The van der Waals surface area contributed by atoms with Gasteiger partial charge in [-0.25, -0.2) is 0 Å². The molecule has 2 heterocycles. The van der Waals surface area contributed by atoms with Crippen LogP contribution in [0.1, 0.15) is 5.69 Å². The number of aryl methyl sites for hydroxylation is 1. The molecular weight excluding hydrogens is 220 g/mol. The van der Waals surface area contributed by atoms with Crippen molar-refractivity contribution in [3.63, 3.8) is 0 Å². The summed E-state index contributed by atoms with van der Waals surface area (Å²) in [4.78, 5) is 0. The standard InChI is InChI=1S/C8H9ClN4S/c1-13-8(7(9)3-11-13)4-10-6-2-12-14-5-6/h2-3,5,10H,4H2,1H3. The Labute approximate surface area is 90.7 Å². The van der Waals surface area contributed by atoms with Crippen LogP contribution in [0.5, 0.6) is 0 Å². The van der Waals surface area contributed by atoms with Gasteiger partial charge in [0.15, 0.2) is 0 Å². The highest BCUT2D eigenvalue weighted by molar-refractivity contribution is 7.04. The summed E-state index contributed by atoms with van der Waals surface area (Å²) in [5, 5.41) is 9.89. The summed E-state index contributed by atoms with van der Waals surface area (Å²) >= 11 is 7.37. The third kappa shape index (κ3) is 1.88. The predicted octanol–water partition coefficient (Wildman–Crippen LogP) is 2.14. The Morgan fingerprint density at radius 3 is 3.00 bits per heavy atom. The van der Waals surface area contributed by atoms with Crippen LogP contribution in [-0.2, 0) is 13.6 Å². The summed E-state index contributed by atoms with van der Waals surface area (Å²) in [7, 11) is 1.87. The summed E-state index contributed by atoms with van der Waals surface area (Å²) in [5.74, 6) is 0. The quantitative estimate of drug-likeness (QED) is 0.876. The number of hydrogen-bond acceptors (Lipinski definition) is 4. The first kappa shape index (κ1) is 9.48. The molecule has 0 spiro atoms. The van der Waals surface area contributed by atoms with Gasteiger partial charge in [-0.05, 0) is 11.5 Å². The molecule has 0 amide bonds. The van der Waals surface area contributed by atoms with Gasteiger partial charge in [-0.1, -0.05) is 11.6 Å². The molecular formula is C8H9ClN4S. The van der Waals surface area contributed by atoms with E-state index in [4.69, 9.17) is 11.6 Å². The Morgan fingerprint density at radius 2 is 2.43 bits per heavy atom. The molecule has 0 unspecified atom stereocenters. The molecule has 2 rings (SSSR count). The summed E-state index contributed by atoms with van der Waals surface area (Å²) < 4.78 is 5.75. The van der Waals surface area contributed by atoms with Gasteiger partial charge in [-0.15, -0.1) is 0 Å². The Kier molecular flexibility index (Phi) is 2.69. The number of anilines is 1. The molecule has 2 aromatic heterocycles. The Morgan fingerprint density at radius 1 is 1.57 bits per heavy atom. The smallest absolute Gasteiger partial charge is 0.0836 e. The second kappa shape index (κ2) is 3.98. The second-order valence-corrected chi connectivity index (χ2v) is 3.89. The lowest BCUT2D eigenvalue weighted by molar-refractivity contribution is 0.720. The molecule has 0 aromatic carbocycles. The van der Waals surface area contributed by atoms with E-state index in [2.05, 4.69) is 14.8 Å². The minimum absolute atomic E-state index is 0.660. The van der Waals surface area contributed by atoms with Crippen molar-refractivity contribution in [1.82, 2.24) is 14.2 Å². The van der Waals surface area contributed by atoms with Crippen molar-refractivity contribution < 1.29 is 0 Å². The van der Waals surface area contributed by atoms with Gasteiger partial charge in [0, 0.05) is 12.4 Å². The van der Waals surface area contributed by atoms with Crippen LogP contribution in [-0.4, -0.2) is 14.2 Å². The van der Waals surface area contributed by atoms with Gasteiger partial charge in [0.2, 0.25) is 0 Å². The molecule has 0 radical (unpaired) electrons. The number of halogens is 1. The van der Waals surface area contributed by atoms with Crippen molar-refractivity contribution in [2.75, 3.05) is 5.32 Å². The molecule has 2 aromatic rings. The highest BCUT2D eigenvalue weighted by atomic mass is 35.5. The van der Waals surface area contributed by atoms with Crippen LogP contribution in [0.2, 0.25) is 5.02 Å². The van der Waals surface area contributed by atoms with Crippen LogP contribution in [0.25, 0.3) is 0 Å². The van der Waals surface area contributed by atoms with E-state index >= 15 is 0 Å². The zero-order valence-corrected chi connectivity index (χ0v) is 9.14. The SMILES string of the molecule is Cn1ncc(Cl)c1CNc1cnsc1. The topological polar surface area (TPSA) is 42.7 Å². The molecule has 0 aliphatic heterocycles. The minimum Gasteiger partial charge on any atom is -0.377 e. The third-order valence-electron chi connectivity index (χ3n) is 1.90. The molecule has 14 heavy (non-hydrogen) atoms. The normalized spacial score (nSPS) is 10.4. The van der Waals surface area contributed by atoms with E-state index in [9.17, 15) is 0 Å². The number of nitrogens with one attached hydrogen (secondary N) is 1. The highest BCUT2D eigenvalue weighted by Crippen LogP contribution is 2.16. The molecule has 4 nitrogen and oxygen atoms in total. The molecule has 0 aliphatic rings. The van der Waals surface area contributed by atoms with Crippen LogP contribution in [0.3, 0.4) is 0 Å². The number of hydrogen-bond donors (Lipinski definition) is 1. The number of rotatable bonds is 3. The fraction of sp³-hybridized carbons (Fsp3) is 0.250. The van der Waals surface area contributed by atoms with Crippen LogP contribution in [0.15, 0.2) is 17.8 Å². The number of nitrogens with zero attached hydrogens (tertiary/aromatic N) is 3. The van der Waals surface area contributed by atoms with Gasteiger partial charge in [-0.3, -0.25) is 4.68 Å². The van der Waals surface area contributed by atoms with Crippen LogP contribution < -0.4 is 5.32 Å². The fourth-order valence-corrected chi connectivity index (χ4v) is 1.84. The molecule has 6 heteroatoms. The zero-order valence-electron chi connectivity index (χ0n) is 7.57. The van der Waals surface area contributed by atoms with E-state index in [1.54, 1.807) is 17.1 Å². The van der Waals surface area contributed by atoms with E-state index in [1.165, 1.54) is 11.5 Å². The lowest BCUT2D eigenvalue weighted by Crippen LogP contribution is -2.05. The van der Waals surface area contributed by atoms with Crippen molar-refractivity contribution >= 4 is 28.8 Å². The van der Waals surface area contributed by atoms with Crippen molar-refractivity contribution in [2.45, 2.75) is 6.54 Å². The second-order valence-electron chi connectivity index (χ2n) is 2.83. The maximum Gasteiger partial charge on any atom is 0.0836 e. The molecule has 0 bridgehead atoms. The number of aromatic nitrogens is 3. The molecule has 0 atom stereocenters. The average molecular weight is 229 g/mol.